The van der Waals surface area contributed by atoms with Crippen LogP contribution in [0.25, 0.3) is 11.3 Å². The first-order chi connectivity index (χ1) is 13.9. The summed E-state index contributed by atoms with van der Waals surface area (Å²) in [6.07, 6.45) is 0.194. The average Bonchev–Trinajstić information content (AvgIpc) is 2.74. The number of carbonyl (C=O) groups is 1. The number of hydrogen-bond donors (Lipinski definition) is 1. The highest BCUT2D eigenvalue weighted by Gasteiger charge is 2.11. The first-order valence-corrected chi connectivity index (χ1v) is 9.97. The summed E-state index contributed by atoms with van der Waals surface area (Å²) in [6.45, 7) is 6.48. The predicted octanol–water partition coefficient (Wildman–Crippen LogP) is 4.30. The van der Waals surface area contributed by atoms with Crippen LogP contribution in [-0.4, -0.2) is 15.7 Å². The second kappa shape index (κ2) is 9.32. The molecule has 150 valence electrons. The fourth-order valence-electron chi connectivity index (χ4n) is 3.15. The minimum absolute atomic E-state index is 0.0841. The van der Waals surface area contributed by atoms with E-state index in [1.165, 1.54) is 16.3 Å². The van der Waals surface area contributed by atoms with E-state index in [9.17, 15) is 9.59 Å². The predicted molar refractivity (Wildman–Crippen MR) is 116 cm³/mol. The molecule has 0 fully saturated rings. The van der Waals surface area contributed by atoms with Gasteiger partial charge in [-0.15, -0.1) is 0 Å². The lowest BCUT2D eigenvalue weighted by Crippen LogP contribution is -2.30. The Morgan fingerprint density at radius 2 is 1.62 bits per heavy atom. The number of nitrogens with one attached hydrogen (secondary N) is 1. The number of aromatic nitrogens is 2. The zero-order valence-corrected chi connectivity index (χ0v) is 17.1. The minimum Gasteiger partial charge on any atom is -0.350 e. The summed E-state index contributed by atoms with van der Waals surface area (Å²) in [5, 5.41) is 7.42. The van der Waals surface area contributed by atoms with E-state index in [0.717, 1.165) is 16.8 Å². The van der Waals surface area contributed by atoms with Crippen molar-refractivity contribution in [3.8, 4) is 11.3 Å². The molecule has 3 rings (SSSR count). The normalized spacial score (nSPS) is 12.0. The van der Waals surface area contributed by atoms with Gasteiger partial charge in [0.1, 0.15) is 0 Å². The van der Waals surface area contributed by atoms with Crippen LogP contribution in [0.5, 0.6) is 0 Å². The van der Waals surface area contributed by atoms with E-state index in [0.29, 0.717) is 5.92 Å². The molecule has 1 heterocycles. The van der Waals surface area contributed by atoms with Crippen LogP contribution in [0.2, 0.25) is 0 Å². The van der Waals surface area contributed by atoms with Crippen molar-refractivity contribution in [1.82, 2.24) is 15.1 Å². The van der Waals surface area contributed by atoms with Gasteiger partial charge in [-0.2, -0.15) is 5.10 Å². The molecule has 5 heteroatoms. The van der Waals surface area contributed by atoms with Gasteiger partial charge >= 0.3 is 0 Å². The summed E-state index contributed by atoms with van der Waals surface area (Å²) in [7, 11) is 0. The fourth-order valence-corrected chi connectivity index (χ4v) is 3.15. The number of benzene rings is 2. The van der Waals surface area contributed by atoms with E-state index in [-0.39, 0.29) is 30.5 Å². The highest BCUT2D eigenvalue weighted by molar-refractivity contribution is 5.76. The second-order valence-corrected chi connectivity index (χ2v) is 7.51. The Bertz CT molecular complexity index is 1010. The zero-order chi connectivity index (χ0) is 20.8. The van der Waals surface area contributed by atoms with E-state index in [1.807, 2.05) is 49.4 Å². The molecule has 3 aromatic rings. The summed E-state index contributed by atoms with van der Waals surface area (Å²) >= 11 is 0. The van der Waals surface area contributed by atoms with Gasteiger partial charge in [-0.05, 0) is 30.0 Å². The Hall–Kier alpha value is -3.21. The third-order valence-electron chi connectivity index (χ3n) is 4.97. The Balaban J connectivity index is 1.65. The molecule has 0 saturated carbocycles. The van der Waals surface area contributed by atoms with E-state index in [1.54, 1.807) is 6.07 Å². The molecule has 0 spiro atoms. The highest BCUT2D eigenvalue weighted by atomic mass is 16.2. The molecule has 1 atom stereocenters. The third-order valence-corrected chi connectivity index (χ3v) is 4.97. The fraction of sp³-hybridized carbons (Fsp3) is 0.292. The first kappa shape index (κ1) is 20.5. The van der Waals surface area contributed by atoms with Gasteiger partial charge in [0.2, 0.25) is 5.91 Å². The molecule has 1 aromatic heterocycles. The van der Waals surface area contributed by atoms with Gasteiger partial charge < -0.3 is 5.32 Å². The van der Waals surface area contributed by atoms with Crippen LogP contribution in [0.4, 0.5) is 0 Å². The summed E-state index contributed by atoms with van der Waals surface area (Å²) < 4.78 is 1.36. The topological polar surface area (TPSA) is 64.0 Å². The number of hydrogen-bond acceptors (Lipinski definition) is 3. The lowest BCUT2D eigenvalue weighted by atomic mass is 10.0. The number of rotatable bonds is 7. The summed E-state index contributed by atoms with van der Waals surface area (Å²) in [5.74, 6) is 0.351. The van der Waals surface area contributed by atoms with Crippen LogP contribution < -0.4 is 10.9 Å². The van der Waals surface area contributed by atoms with E-state index >= 15 is 0 Å². The average molecular weight is 389 g/mol. The molecule has 2 aromatic carbocycles. The molecule has 0 radical (unpaired) electrons. The molecular weight excluding hydrogens is 362 g/mol. The second-order valence-electron chi connectivity index (χ2n) is 7.51. The van der Waals surface area contributed by atoms with Crippen molar-refractivity contribution >= 4 is 5.91 Å². The molecule has 0 unspecified atom stereocenters. The van der Waals surface area contributed by atoms with Crippen molar-refractivity contribution in [2.24, 2.45) is 0 Å². The number of amides is 1. The quantitative estimate of drug-likeness (QED) is 0.655. The largest absolute Gasteiger partial charge is 0.350 e. The van der Waals surface area contributed by atoms with Crippen LogP contribution >= 0.6 is 0 Å². The van der Waals surface area contributed by atoms with E-state index in [4.69, 9.17) is 0 Å². The number of aryl methyl sites for hydroxylation is 1. The molecule has 1 amide bonds. The van der Waals surface area contributed by atoms with Gasteiger partial charge in [0.05, 0.1) is 18.3 Å². The molecule has 0 aliphatic rings. The molecule has 29 heavy (non-hydrogen) atoms. The van der Waals surface area contributed by atoms with Crippen molar-refractivity contribution in [2.75, 3.05) is 0 Å². The van der Waals surface area contributed by atoms with Gasteiger partial charge in [-0.25, -0.2) is 4.68 Å². The van der Waals surface area contributed by atoms with E-state index < -0.39 is 0 Å². The Morgan fingerprint density at radius 3 is 2.28 bits per heavy atom. The molecule has 0 saturated heterocycles. The standard InChI is InChI=1S/C24H27N3O2/c1-17(2)19-9-11-21(12-10-19)22-13-14-24(29)27(26-22)16-15-23(28)25-18(3)20-7-5-4-6-8-20/h4-14,17-18H,15-16H2,1-3H3,(H,25,28)/t18-/m0/s1. The van der Waals surface area contributed by atoms with Crippen molar-refractivity contribution in [3.63, 3.8) is 0 Å². The summed E-state index contributed by atoms with van der Waals surface area (Å²) in [5.41, 5.74) is 3.76. The maximum Gasteiger partial charge on any atom is 0.266 e. The van der Waals surface area contributed by atoms with Crippen LogP contribution in [0.15, 0.2) is 71.5 Å². The molecule has 0 aliphatic heterocycles. The van der Waals surface area contributed by atoms with Crippen LogP contribution in [0, 0.1) is 0 Å². The maximum atomic E-state index is 12.3. The SMILES string of the molecule is CC(C)c1ccc(-c2ccc(=O)n(CCC(=O)N[C@@H](C)c3ccccc3)n2)cc1. The molecular formula is C24H27N3O2. The Kier molecular flexibility index (Phi) is 6.60. The van der Waals surface area contributed by atoms with Crippen LogP contribution in [0.1, 0.15) is 50.3 Å². The Labute approximate surface area is 171 Å². The minimum atomic E-state index is -0.212. The van der Waals surface area contributed by atoms with Gasteiger partial charge in [-0.1, -0.05) is 68.4 Å². The lowest BCUT2D eigenvalue weighted by Gasteiger charge is -2.14. The maximum absolute atomic E-state index is 12.3. The van der Waals surface area contributed by atoms with Gasteiger partial charge in [0.25, 0.3) is 5.56 Å². The van der Waals surface area contributed by atoms with Gasteiger partial charge in [-0.3, -0.25) is 9.59 Å². The third kappa shape index (κ3) is 5.41. The summed E-state index contributed by atoms with van der Waals surface area (Å²) in [4.78, 5) is 24.5. The highest BCUT2D eigenvalue weighted by Crippen LogP contribution is 2.20. The number of nitrogens with zero attached hydrogens (tertiary/aromatic N) is 2. The monoisotopic (exact) mass is 389 g/mol. The smallest absolute Gasteiger partial charge is 0.266 e. The van der Waals surface area contributed by atoms with E-state index in [2.05, 4.69) is 36.4 Å². The zero-order valence-electron chi connectivity index (χ0n) is 17.1. The van der Waals surface area contributed by atoms with Gasteiger partial charge in [0.15, 0.2) is 0 Å². The Morgan fingerprint density at radius 1 is 0.931 bits per heavy atom. The molecule has 5 nitrogen and oxygen atoms in total. The van der Waals surface area contributed by atoms with Crippen LogP contribution in [-0.2, 0) is 11.3 Å². The van der Waals surface area contributed by atoms with Gasteiger partial charge in [0, 0.05) is 18.1 Å². The van der Waals surface area contributed by atoms with Crippen molar-refractivity contribution < 1.29 is 4.79 Å². The van der Waals surface area contributed by atoms with Crippen molar-refractivity contribution in [1.29, 1.82) is 0 Å². The van der Waals surface area contributed by atoms with Crippen molar-refractivity contribution in [2.45, 2.75) is 45.7 Å². The van der Waals surface area contributed by atoms with Crippen molar-refractivity contribution in [3.05, 3.63) is 88.2 Å². The first-order valence-electron chi connectivity index (χ1n) is 9.97. The van der Waals surface area contributed by atoms with Crippen LogP contribution in [0.3, 0.4) is 0 Å². The lowest BCUT2D eigenvalue weighted by molar-refractivity contribution is -0.122. The molecule has 0 bridgehead atoms. The molecule has 1 N–H and O–H groups in total. The molecule has 0 aliphatic carbocycles. The number of carbonyl (C=O) groups excluding carboxylic acids is 1. The summed E-state index contributed by atoms with van der Waals surface area (Å²) in [6, 6.07) is 21.1.